The molecule has 6 nitrogen and oxygen atoms in total. The van der Waals surface area contributed by atoms with Crippen molar-refractivity contribution in [3.8, 4) is 0 Å². The van der Waals surface area contributed by atoms with Crippen molar-refractivity contribution in [2.24, 2.45) is 0 Å². The summed E-state index contributed by atoms with van der Waals surface area (Å²) in [5.74, 6) is 1.89. The second kappa shape index (κ2) is 9.65. The number of carbonyl (C=O) groups is 2. The molecule has 1 aliphatic heterocycles. The van der Waals surface area contributed by atoms with E-state index in [0.717, 1.165) is 32.8 Å². The number of fused-ring (bicyclic) bond motifs is 1. The van der Waals surface area contributed by atoms with Gasteiger partial charge in [-0.3, -0.25) is 9.59 Å². The predicted molar refractivity (Wildman–Crippen MR) is 127 cm³/mol. The second-order valence-corrected chi connectivity index (χ2v) is 9.09. The molecule has 154 valence electrons. The summed E-state index contributed by atoms with van der Waals surface area (Å²) in [6.07, 6.45) is 0.773. The average molecular weight is 532 g/mol. The number of carbonyl (C=O) groups excluding carboxylic acids is 2. The van der Waals surface area contributed by atoms with Crippen LogP contribution in [-0.2, 0) is 29.3 Å². The quantitative estimate of drug-likeness (QED) is 0.454. The van der Waals surface area contributed by atoms with E-state index in [0.29, 0.717) is 17.9 Å². The lowest BCUT2D eigenvalue weighted by atomic mass is 10.1. The molecule has 2 amide bonds. The summed E-state index contributed by atoms with van der Waals surface area (Å²) in [7, 11) is 0. The van der Waals surface area contributed by atoms with E-state index >= 15 is 0 Å². The number of aromatic nitrogens is 2. The molecule has 0 unspecified atom stereocenters. The van der Waals surface area contributed by atoms with Gasteiger partial charge in [-0.05, 0) is 46.7 Å². The molecule has 8 heteroatoms. The van der Waals surface area contributed by atoms with Gasteiger partial charge in [-0.15, -0.1) is 0 Å². The number of nitrogens with zero attached hydrogens (tertiary/aromatic N) is 2. The van der Waals surface area contributed by atoms with Gasteiger partial charge in [0.2, 0.25) is 5.91 Å². The molecule has 3 aromatic rings. The summed E-state index contributed by atoms with van der Waals surface area (Å²) in [6.45, 7) is 0.636. The molecule has 0 spiro atoms. The Morgan fingerprint density at radius 1 is 1.07 bits per heavy atom. The van der Waals surface area contributed by atoms with Crippen LogP contribution in [0.4, 0.5) is 5.82 Å². The first-order chi connectivity index (χ1) is 14.6. The largest absolute Gasteiger partial charge is 0.354 e. The van der Waals surface area contributed by atoms with Crippen LogP contribution in [0, 0.1) is 3.57 Å². The Hall–Kier alpha value is -2.33. The number of benzene rings is 2. The minimum Gasteiger partial charge on any atom is -0.354 e. The predicted octanol–water partition coefficient (Wildman–Crippen LogP) is 3.85. The lowest BCUT2D eigenvalue weighted by molar-refractivity contribution is -0.121. The van der Waals surface area contributed by atoms with Crippen molar-refractivity contribution >= 4 is 52.0 Å². The monoisotopic (exact) mass is 532 g/mol. The van der Waals surface area contributed by atoms with Crippen molar-refractivity contribution in [2.45, 2.75) is 24.5 Å². The van der Waals surface area contributed by atoms with Crippen molar-refractivity contribution in [1.29, 1.82) is 0 Å². The molecule has 1 aliphatic rings. The highest BCUT2D eigenvalue weighted by atomic mass is 127. The molecule has 2 N–H and O–H groups in total. The van der Waals surface area contributed by atoms with E-state index in [-0.39, 0.29) is 18.4 Å². The van der Waals surface area contributed by atoms with Crippen LogP contribution in [0.5, 0.6) is 0 Å². The Balaban J connectivity index is 1.44. The van der Waals surface area contributed by atoms with Crippen LogP contribution in [0.2, 0.25) is 0 Å². The van der Waals surface area contributed by atoms with Crippen LogP contribution in [-0.4, -0.2) is 28.1 Å². The fraction of sp³-hybridized carbons (Fsp3) is 0.227. The Morgan fingerprint density at radius 3 is 2.63 bits per heavy atom. The SMILES string of the molecule is O=C(Cn1nc2c(c1NC(=O)c1ccccc1I)CSC2)NCCc1ccccc1. The number of rotatable bonds is 7. The van der Waals surface area contributed by atoms with E-state index in [9.17, 15) is 9.59 Å². The Morgan fingerprint density at radius 2 is 1.83 bits per heavy atom. The zero-order valence-corrected chi connectivity index (χ0v) is 19.2. The van der Waals surface area contributed by atoms with E-state index in [2.05, 4.69) is 38.3 Å². The number of amides is 2. The van der Waals surface area contributed by atoms with Gasteiger partial charge >= 0.3 is 0 Å². The first kappa shape index (κ1) is 20.9. The normalized spacial score (nSPS) is 12.4. The number of nitrogens with one attached hydrogen (secondary N) is 2. The summed E-state index contributed by atoms with van der Waals surface area (Å²) in [4.78, 5) is 25.3. The third-order valence-corrected chi connectivity index (χ3v) is 6.75. The zero-order chi connectivity index (χ0) is 20.9. The molecule has 0 bridgehead atoms. The number of halogens is 1. The number of hydrogen-bond acceptors (Lipinski definition) is 4. The van der Waals surface area contributed by atoms with Crippen LogP contribution >= 0.6 is 34.4 Å². The van der Waals surface area contributed by atoms with Gasteiger partial charge in [0.05, 0.1) is 11.3 Å². The molecule has 0 fully saturated rings. The maximum Gasteiger partial charge on any atom is 0.257 e. The van der Waals surface area contributed by atoms with Crippen molar-refractivity contribution in [2.75, 3.05) is 11.9 Å². The third-order valence-electron chi connectivity index (χ3n) is 4.84. The summed E-state index contributed by atoms with van der Waals surface area (Å²) < 4.78 is 2.50. The molecule has 2 heterocycles. The lowest BCUT2D eigenvalue weighted by Gasteiger charge is -2.12. The van der Waals surface area contributed by atoms with E-state index in [1.165, 1.54) is 5.56 Å². The minimum absolute atomic E-state index is 0.0773. The van der Waals surface area contributed by atoms with E-state index < -0.39 is 0 Å². The van der Waals surface area contributed by atoms with Gasteiger partial charge in [-0.1, -0.05) is 42.5 Å². The fourth-order valence-corrected chi connectivity index (χ4v) is 4.99. The standard InChI is InChI=1S/C22H21IN4O2S/c23-18-9-5-4-8-16(18)22(29)25-21-17-13-30-14-19(17)26-27(21)12-20(28)24-11-10-15-6-2-1-3-7-15/h1-9H,10-14H2,(H,24,28)(H,25,29). The highest BCUT2D eigenvalue weighted by Crippen LogP contribution is 2.35. The molecule has 0 saturated heterocycles. The van der Waals surface area contributed by atoms with Gasteiger partial charge in [0.1, 0.15) is 12.4 Å². The summed E-state index contributed by atoms with van der Waals surface area (Å²) in [5.41, 5.74) is 3.74. The van der Waals surface area contributed by atoms with Crippen molar-refractivity contribution in [1.82, 2.24) is 15.1 Å². The van der Waals surface area contributed by atoms with Gasteiger partial charge < -0.3 is 10.6 Å². The van der Waals surface area contributed by atoms with Gasteiger partial charge in [-0.2, -0.15) is 16.9 Å². The Labute approximate surface area is 193 Å². The maximum absolute atomic E-state index is 12.8. The third kappa shape index (κ3) is 4.86. The molecular weight excluding hydrogens is 511 g/mol. The maximum atomic E-state index is 12.8. The molecule has 0 radical (unpaired) electrons. The highest BCUT2D eigenvalue weighted by Gasteiger charge is 2.25. The average Bonchev–Trinajstić information content (AvgIpc) is 3.32. The van der Waals surface area contributed by atoms with Crippen LogP contribution < -0.4 is 10.6 Å². The highest BCUT2D eigenvalue weighted by molar-refractivity contribution is 14.1. The topological polar surface area (TPSA) is 76.0 Å². The molecular formula is C22H21IN4O2S. The summed E-state index contributed by atoms with van der Waals surface area (Å²) in [6, 6.07) is 17.5. The van der Waals surface area contributed by atoms with Crippen molar-refractivity contribution in [3.05, 3.63) is 80.6 Å². The van der Waals surface area contributed by atoms with Crippen LogP contribution in [0.3, 0.4) is 0 Å². The van der Waals surface area contributed by atoms with Gasteiger partial charge in [0.25, 0.3) is 5.91 Å². The molecule has 0 saturated carbocycles. The van der Waals surface area contributed by atoms with Gasteiger partial charge in [0, 0.05) is 27.2 Å². The van der Waals surface area contributed by atoms with Gasteiger partial charge in [0.15, 0.2) is 0 Å². The van der Waals surface area contributed by atoms with Crippen molar-refractivity contribution in [3.63, 3.8) is 0 Å². The number of thioether (sulfide) groups is 1. The lowest BCUT2D eigenvalue weighted by Crippen LogP contribution is -2.30. The van der Waals surface area contributed by atoms with Crippen molar-refractivity contribution < 1.29 is 9.59 Å². The summed E-state index contributed by atoms with van der Waals surface area (Å²) >= 11 is 3.91. The fourth-order valence-electron chi connectivity index (χ4n) is 3.32. The Bertz CT molecular complexity index is 1070. The second-order valence-electron chi connectivity index (χ2n) is 6.94. The molecule has 4 rings (SSSR count). The van der Waals surface area contributed by atoms with Crippen LogP contribution in [0.15, 0.2) is 54.6 Å². The molecule has 0 aliphatic carbocycles. The van der Waals surface area contributed by atoms with E-state index in [4.69, 9.17) is 0 Å². The number of hydrogen-bond donors (Lipinski definition) is 2. The Kier molecular flexibility index (Phi) is 6.73. The van der Waals surface area contributed by atoms with E-state index in [1.54, 1.807) is 22.5 Å². The molecule has 0 atom stereocenters. The first-order valence-electron chi connectivity index (χ1n) is 9.64. The zero-order valence-electron chi connectivity index (χ0n) is 16.2. The van der Waals surface area contributed by atoms with Crippen LogP contribution in [0.25, 0.3) is 0 Å². The van der Waals surface area contributed by atoms with Crippen LogP contribution in [0.1, 0.15) is 27.2 Å². The van der Waals surface area contributed by atoms with E-state index in [1.807, 2.05) is 48.5 Å². The molecule has 30 heavy (non-hydrogen) atoms. The summed E-state index contributed by atoms with van der Waals surface area (Å²) in [5, 5.41) is 10.5. The van der Waals surface area contributed by atoms with Gasteiger partial charge in [-0.25, -0.2) is 4.68 Å². The first-order valence-corrected chi connectivity index (χ1v) is 11.9. The molecule has 2 aromatic carbocycles. The molecule has 1 aromatic heterocycles. The minimum atomic E-state index is -0.190. The number of anilines is 1. The smallest absolute Gasteiger partial charge is 0.257 e.